The average Bonchev–Trinajstić information content (AvgIpc) is 2.64. The first kappa shape index (κ1) is 20.6. The van der Waals surface area contributed by atoms with Gasteiger partial charge in [0, 0.05) is 23.4 Å². The van der Waals surface area contributed by atoms with Crippen LogP contribution in [0.2, 0.25) is 0 Å². The Balaban J connectivity index is 1.76. The highest BCUT2D eigenvalue weighted by Gasteiger charge is 2.10. The molecule has 1 aliphatic carbocycles. The normalized spacial score (nSPS) is 13.8. The van der Waals surface area contributed by atoms with Crippen LogP contribution in [-0.4, -0.2) is 30.6 Å². The summed E-state index contributed by atoms with van der Waals surface area (Å²) in [5.41, 5.74) is 3.12. The van der Waals surface area contributed by atoms with Crippen LogP contribution < -0.4 is 10.1 Å². The van der Waals surface area contributed by atoms with Crippen molar-refractivity contribution in [2.24, 2.45) is 0 Å². The third kappa shape index (κ3) is 6.87. The maximum absolute atomic E-state index is 12.0. The number of hydrogen-bond acceptors (Lipinski definition) is 4. The highest BCUT2D eigenvalue weighted by molar-refractivity contribution is 7.99. The van der Waals surface area contributed by atoms with Crippen molar-refractivity contribution in [3.63, 3.8) is 0 Å². The van der Waals surface area contributed by atoms with Gasteiger partial charge in [0.25, 0.3) is 0 Å². The molecule has 1 aromatic carbocycles. The standard InChI is InChI=1S/C21H29NO3S/c1-3-25-20-10-9-18(16(2)23)13-19(20)14-26-15-21(24)22-12-11-17-7-5-4-6-8-17/h7,9-10,13H,3-6,8,11-12,14-15H2,1-2H3,(H,22,24). The second-order valence-electron chi connectivity index (χ2n) is 6.51. The Morgan fingerprint density at radius 1 is 1.27 bits per heavy atom. The molecular weight excluding hydrogens is 346 g/mol. The van der Waals surface area contributed by atoms with Crippen molar-refractivity contribution in [3.8, 4) is 5.75 Å². The summed E-state index contributed by atoms with van der Waals surface area (Å²) in [5, 5.41) is 3.00. The summed E-state index contributed by atoms with van der Waals surface area (Å²) in [6.45, 7) is 4.79. The van der Waals surface area contributed by atoms with Gasteiger partial charge < -0.3 is 10.1 Å². The van der Waals surface area contributed by atoms with Gasteiger partial charge >= 0.3 is 0 Å². The summed E-state index contributed by atoms with van der Waals surface area (Å²) >= 11 is 1.54. The van der Waals surface area contributed by atoms with E-state index in [9.17, 15) is 9.59 Å². The van der Waals surface area contributed by atoms with Crippen molar-refractivity contribution in [2.75, 3.05) is 18.9 Å². The molecule has 1 aromatic rings. The van der Waals surface area contributed by atoms with E-state index in [4.69, 9.17) is 4.74 Å². The van der Waals surface area contributed by atoms with Crippen molar-refractivity contribution in [1.82, 2.24) is 5.32 Å². The highest BCUT2D eigenvalue weighted by Crippen LogP contribution is 2.25. The van der Waals surface area contributed by atoms with Crippen molar-refractivity contribution in [2.45, 2.75) is 51.7 Å². The third-order valence-electron chi connectivity index (χ3n) is 4.41. The minimum absolute atomic E-state index is 0.0362. The zero-order chi connectivity index (χ0) is 18.8. The minimum Gasteiger partial charge on any atom is -0.494 e. The van der Waals surface area contributed by atoms with Crippen LogP contribution >= 0.6 is 11.8 Å². The van der Waals surface area contributed by atoms with E-state index in [1.807, 2.05) is 19.1 Å². The van der Waals surface area contributed by atoms with Crippen LogP contribution in [0.1, 0.15) is 61.9 Å². The Kier molecular flexibility index (Phi) is 8.75. The highest BCUT2D eigenvalue weighted by atomic mass is 32.2. The minimum atomic E-state index is 0.0362. The predicted octanol–water partition coefficient (Wildman–Crippen LogP) is 4.53. The molecule has 0 atom stereocenters. The molecule has 4 nitrogen and oxygen atoms in total. The molecule has 0 heterocycles. The summed E-state index contributed by atoms with van der Waals surface area (Å²) in [6, 6.07) is 5.50. The molecular formula is C21H29NO3S. The lowest BCUT2D eigenvalue weighted by molar-refractivity contribution is -0.118. The van der Waals surface area contributed by atoms with E-state index in [1.165, 1.54) is 31.3 Å². The molecule has 0 bridgehead atoms. The lowest BCUT2D eigenvalue weighted by atomic mass is 9.97. The van der Waals surface area contributed by atoms with E-state index in [0.29, 0.717) is 23.7 Å². The van der Waals surface area contributed by atoms with E-state index in [-0.39, 0.29) is 11.7 Å². The number of nitrogens with one attached hydrogen (secondary N) is 1. The van der Waals surface area contributed by atoms with E-state index < -0.39 is 0 Å². The molecule has 5 heteroatoms. The quantitative estimate of drug-likeness (QED) is 0.482. The molecule has 142 valence electrons. The van der Waals surface area contributed by atoms with Gasteiger partial charge in [-0.25, -0.2) is 0 Å². The average molecular weight is 376 g/mol. The smallest absolute Gasteiger partial charge is 0.230 e. The lowest BCUT2D eigenvalue weighted by Crippen LogP contribution is -2.26. The molecule has 0 aromatic heterocycles. The molecule has 0 saturated heterocycles. The molecule has 0 fully saturated rings. The summed E-state index contributed by atoms with van der Waals surface area (Å²) in [6.07, 6.45) is 8.21. The molecule has 1 N–H and O–H groups in total. The summed E-state index contributed by atoms with van der Waals surface area (Å²) < 4.78 is 5.63. The Hall–Kier alpha value is -1.75. The van der Waals surface area contributed by atoms with Crippen LogP contribution in [0.15, 0.2) is 29.8 Å². The van der Waals surface area contributed by atoms with Crippen molar-refractivity contribution in [1.29, 1.82) is 0 Å². The number of allylic oxidation sites excluding steroid dienone is 1. The predicted molar refractivity (Wildman–Crippen MR) is 108 cm³/mol. The van der Waals surface area contributed by atoms with Gasteiger partial charge in [-0.2, -0.15) is 0 Å². The molecule has 0 saturated carbocycles. The van der Waals surface area contributed by atoms with Gasteiger partial charge in [-0.05, 0) is 64.2 Å². The molecule has 0 spiro atoms. The first-order valence-corrected chi connectivity index (χ1v) is 10.5. The maximum atomic E-state index is 12.0. The van der Waals surface area contributed by atoms with Crippen molar-refractivity contribution >= 4 is 23.5 Å². The number of amides is 1. The summed E-state index contributed by atoms with van der Waals surface area (Å²) in [7, 11) is 0. The SMILES string of the molecule is CCOc1ccc(C(C)=O)cc1CSCC(=O)NCCC1=CCCCC1. The van der Waals surface area contributed by atoms with Crippen LogP contribution in [0, 0.1) is 0 Å². The Bertz CT molecular complexity index is 655. The van der Waals surface area contributed by atoms with Gasteiger partial charge in [0.1, 0.15) is 5.75 Å². The van der Waals surface area contributed by atoms with Gasteiger partial charge in [0.15, 0.2) is 5.78 Å². The van der Waals surface area contributed by atoms with E-state index in [2.05, 4.69) is 11.4 Å². The Morgan fingerprint density at radius 2 is 2.12 bits per heavy atom. The number of carbonyl (C=O) groups is 2. The largest absolute Gasteiger partial charge is 0.494 e. The van der Waals surface area contributed by atoms with Gasteiger partial charge in [0.2, 0.25) is 5.91 Å². The first-order chi connectivity index (χ1) is 12.6. The van der Waals surface area contributed by atoms with Crippen LogP contribution in [0.25, 0.3) is 0 Å². The van der Waals surface area contributed by atoms with Crippen LogP contribution in [0.3, 0.4) is 0 Å². The van der Waals surface area contributed by atoms with Gasteiger partial charge in [-0.1, -0.05) is 11.6 Å². The molecule has 2 rings (SSSR count). The number of hydrogen-bond donors (Lipinski definition) is 1. The van der Waals surface area contributed by atoms with E-state index >= 15 is 0 Å². The number of Topliss-reactive ketones (excluding diaryl/α,β-unsaturated/α-hetero) is 1. The van der Waals surface area contributed by atoms with Crippen LogP contribution in [0.4, 0.5) is 0 Å². The zero-order valence-electron chi connectivity index (χ0n) is 15.8. The fraction of sp³-hybridized carbons (Fsp3) is 0.524. The fourth-order valence-electron chi connectivity index (χ4n) is 3.01. The monoisotopic (exact) mass is 375 g/mol. The third-order valence-corrected chi connectivity index (χ3v) is 5.39. The molecule has 0 aliphatic heterocycles. The second kappa shape index (κ2) is 11.1. The number of thioether (sulfide) groups is 1. The topological polar surface area (TPSA) is 55.4 Å². The van der Waals surface area contributed by atoms with Crippen molar-refractivity contribution < 1.29 is 14.3 Å². The molecule has 1 aliphatic rings. The van der Waals surface area contributed by atoms with E-state index in [0.717, 1.165) is 24.3 Å². The molecule has 26 heavy (non-hydrogen) atoms. The summed E-state index contributed by atoms with van der Waals surface area (Å²) in [4.78, 5) is 23.6. The second-order valence-corrected chi connectivity index (χ2v) is 7.50. The van der Waals surface area contributed by atoms with Crippen LogP contribution in [0.5, 0.6) is 5.75 Å². The van der Waals surface area contributed by atoms with Crippen LogP contribution in [-0.2, 0) is 10.5 Å². The molecule has 1 amide bonds. The van der Waals surface area contributed by atoms with Gasteiger partial charge in [0.05, 0.1) is 12.4 Å². The molecule has 0 radical (unpaired) electrons. The van der Waals surface area contributed by atoms with Gasteiger partial charge in [-0.3, -0.25) is 9.59 Å². The van der Waals surface area contributed by atoms with Crippen molar-refractivity contribution in [3.05, 3.63) is 41.0 Å². The zero-order valence-corrected chi connectivity index (χ0v) is 16.6. The number of ether oxygens (including phenoxy) is 1. The summed E-state index contributed by atoms with van der Waals surface area (Å²) in [5.74, 6) is 1.94. The fourth-order valence-corrected chi connectivity index (χ4v) is 3.84. The number of carbonyl (C=O) groups excluding carboxylic acids is 2. The first-order valence-electron chi connectivity index (χ1n) is 9.39. The Labute approximate surface area is 160 Å². The number of rotatable bonds is 10. The lowest BCUT2D eigenvalue weighted by Gasteiger charge is -2.13. The van der Waals surface area contributed by atoms with E-state index in [1.54, 1.807) is 24.8 Å². The van der Waals surface area contributed by atoms with Gasteiger partial charge in [-0.15, -0.1) is 11.8 Å². The number of ketones is 1. The number of benzene rings is 1. The maximum Gasteiger partial charge on any atom is 0.230 e. The Morgan fingerprint density at radius 3 is 2.81 bits per heavy atom. The molecule has 0 unspecified atom stereocenters.